The van der Waals surface area contributed by atoms with Gasteiger partial charge in [-0.05, 0) is 54.1 Å². The summed E-state index contributed by atoms with van der Waals surface area (Å²) in [5.41, 5.74) is 1.66. The number of aromatic hydroxyl groups is 1. The number of phenolic OH excluding ortho intramolecular Hbond substituents is 1. The Hall–Kier alpha value is -3.38. The quantitative estimate of drug-likeness (QED) is 0.468. The molecule has 1 amide bonds. The maximum atomic E-state index is 13.4. The van der Waals surface area contributed by atoms with Crippen molar-refractivity contribution in [1.29, 1.82) is 0 Å². The normalized spacial score (nSPS) is 15.7. The van der Waals surface area contributed by atoms with Gasteiger partial charge in [-0.1, -0.05) is 40.2 Å². The summed E-state index contributed by atoms with van der Waals surface area (Å²) in [5, 5.41) is 10.4. The first-order valence-electron chi connectivity index (χ1n) is 8.98. The topological polar surface area (TPSA) is 70.8 Å². The minimum absolute atomic E-state index is 0.0324. The second-order valence-corrected chi connectivity index (χ2v) is 7.73. The molecule has 0 aliphatic carbocycles. The summed E-state index contributed by atoms with van der Waals surface area (Å²) in [6, 6.07) is 20.0. The van der Waals surface area contributed by atoms with Gasteiger partial charge in [-0.15, -0.1) is 0 Å². The van der Waals surface area contributed by atoms with Crippen molar-refractivity contribution in [3.63, 3.8) is 0 Å². The number of anilines is 1. The number of hydrogen-bond acceptors (Lipinski definition) is 4. The molecule has 2 heterocycles. The van der Waals surface area contributed by atoms with Crippen LogP contribution in [0.15, 0.2) is 86.5 Å². The zero-order valence-electron chi connectivity index (χ0n) is 15.0. The van der Waals surface area contributed by atoms with Crippen molar-refractivity contribution < 1.29 is 14.3 Å². The van der Waals surface area contributed by atoms with Crippen LogP contribution in [-0.4, -0.2) is 11.0 Å². The van der Waals surface area contributed by atoms with Crippen LogP contribution >= 0.6 is 15.9 Å². The highest BCUT2D eigenvalue weighted by Crippen LogP contribution is 2.41. The minimum Gasteiger partial charge on any atom is -0.508 e. The molecule has 4 aromatic rings. The molecule has 0 fully saturated rings. The highest BCUT2D eigenvalue weighted by atomic mass is 79.9. The third-order valence-corrected chi connectivity index (χ3v) is 5.60. The molecular formula is C23H14BrNO4. The zero-order valence-corrected chi connectivity index (χ0v) is 16.6. The Morgan fingerprint density at radius 1 is 0.931 bits per heavy atom. The summed E-state index contributed by atoms with van der Waals surface area (Å²) in [6.07, 6.45) is 0. The van der Waals surface area contributed by atoms with Crippen LogP contribution in [-0.2, 0) is 0 Å². The number of carbonyl (C=O) groups is 1. The van der Waals surface area contributed by atoms with E-state index in [4.69, 9.17) is 4.42 Å². The molecule has 6 heteroatoms. The first-order valence-corrected chi connectivity index (χ1v) is 9.77. The van der Waals surface area contributed by atoms with Gasteiger partial charge in [0, 0.05) is 10.2 Å². The summed E-state index contributed by atoms with van der Waals surface area (Å²) in [7, 11) is 0. The number of halogens is 1. The number of amides is 1. The number of rotatable bonds is 2. The van der Waals surface area contributed by atoms with Crippen LogP contribution < -0.4 is 10.3 Å². The second kappa shape index (κ2) is 6.60. The van der Waals surface area contributed by atoms with Gasteiger partial charge < -0.3 is 9.52 Å². The van der Waals surface area contributed by atoms with E-state index < -0.39 is 11.9 Å². The Morgan fingerprint density at radius 3 is 2.45 bits per heavy atom. The van der Waals surface area contributed by atoms with E-state index in [1.165, 1.54) is 4.90 Å². The molecule has 1 aromatic heterocycles. The molecule has 0 spiro atoms. The highest BCUT2D eigenvalue weighted by molar-refractivity contribution is 9.10. The van der Waals surface area contributed by atoms with E-state index in [0.29, 0.717) is 22.2 Å². The molecule has 0 bridgehead atoms. The number of nitrogens with zero attached hydrogens (tertiary/aromatic N) is 1. The van der Waals surface area contributed by atoms with E-state index in [2.05, 4.69) is 15.9 Å². The standard InChI is InChI=1S/C23H14BrNO4/c24-14-8-10-15(11-9-14)25-20(13-4-3-5-16(26)12-13)19-21(27)17-6-1-2-7-18(17)29-22(19)23(25)28/h1-12,20,26H. The molecule has 1 atom stereocenters. The number of fused-ring (bicyclic) bond motifs is 2. The zero-order chi connectivity index (χ0) is 20.1. The predicted molar refractivity (Wildman–Crippen MR) is 113 cm³/mol. The fraction of sp³-hybridized carbons (Fsp3) is 0.0435. The van der Waals surface area contributed by atoms with Crippen molar-refractivity contribution in [3.05, 3.63) is 104 Å². The van der Waals surface area contributed by atoms with Gasteiger partial charge in [0.25, 0.3) is 5.91 Å². The Labute approximate surface area is 174 Å². The molecular weight excluding hydrogens is 434 g/mol. The van der Waals surface area contributed by atoms with Crippen LogP contribution in [0.1, 0.15) is 27.7 Å². The molecule has 142 valence electrons. The predicted octanol–water partition coefficient (Wildman–Crippen LogP) is 5.01. The Bertz CT molecular complexity index is 1330. The molecule has 0 radical (unpaired) electrons. The molecule has 1 unspecified atom stereocenters. The smallest absolute Gasteiger partial charge is 0.295 e. The lowest BCUT2D eigenvalue weighted by Gasteiger charge is -2.25. The number of para-hydroxylation sites is 1. The molecule has 5 nitrogen and oxygen atoms in total. The van der Waals surface area contributed by atoms with Gasteiger partial charge in [-0.2, -0.15) is 0 Å². The van der Waals surface area contributed by atoms with Crippen LogP contribution in [0.25, 0.3) is 11.0 Å². The van der Waals surface area contributed by atoms with E-state index in [0.717, 1.165) is 4.47 Å². The lowest BCUT2D eigenvalue weighted by atomic mass is 9.98. The third-order valence-electron chi connectivity index (χ3n) is 5.07. The molecule has 1 aliphatic heterocycles. The second-order valence-electron chi connectivity index (χ2n) is 6.82. The Balaban J connectivity index is 1.82. The van der Waals surface area contributed by atoms with Gasteiger partial charge in [0.2, 0.25) is 5.76 Å². The third kappa shape index (κ3) is 2.76. The molecule has 0 saturated carbocycles. The monoisotopic (exact) mass is 447 g/mol. The van der Waals surface area contributed by atoms with Crippen molar-refractivity contribution in [2.45, 2.75) is 6.04 Å². The van der Waals surface area contributed by atoms with E-state index in [1.54, 1.807) is 60.7 Å². The summed E-state index contributed by atoms with van der Waals surface area (Å²) < 4.78 is 6.77. The first kappa shape index (κ1) is 17.7. The first-order chi connectivity index (χ1) is 14.0. The Morgan fingerprint density at radius 2 is 1.69 bits per heavy atom. The SMILES string of the molecule is O=C1c2oc3ccccc3c(=O)c2C(c2cccc(O)c2)N1c1ccc(Br)cc1. The van der Waals surface area contributed by atoms with Gasteiger partial charge >= 0.3 is 0 Å². The van der Waals surface area contributed by atoms with Crippen LogP contribution in [0.2, 0.25) is 0 Å². The van der Waals surface area contributed by atoms with Crippen molar-refractivity contribution in [2.75, 3.05) is 4.90 Å². The van der Waals surface area contributed by atoms with Crippen molar-refractivity contribution in [1.82, 2.24) is 0 Å². The van der Waals surface area contributed by atoms with Crippen LogP contribution in [0.3, 0.4) is 0 Å². The van der Waals surface area contributed by atoms with Crippen LogP contribution in [0.5, 0.6) is 5.75 Å². The van der Waals surface area contributed by atoms with Crippen molar-refractivity contribution >= 4 is 38.5 Å². The van der Waals surface area contributed by atoms with E-state index >= 15 is 0 Å². The average Bonchev–Trinajstić information content (AvgIpc) is 3.02. The van der Waals surface area contributed by atoms with Crippen molar-refractivity contribution in [3.8, 4) is 5.75 Å². The molecule has 1 aliphatic rings. The molecule has 0 saturated heterocycles. The van der Waals surface area contributed by atoms with Crippen molar-refractivity contribution in [2.24, 2.45) is 0 Å². The average molecular weight is 448 g/mol. The molecule has 5 rings (SSSR count). The van der Waals surface area contributed by atoms with E-state index in [-0.39, 0.29) is 22.5 Å². The summed E-state index contributed by atoms with van der Waals surface area (Å²) in [4.78, 5) is 28.3. The fourth-order valence-electron chi connectivity index (χ4n) is 3.80. The maximum Gasteiger partial charge on any atom is 0.295 e. The Kier molecular flexibility index (Phi) is 4.03. The lowest BCUT2D eigenvalue weighted by molar-refractivity contribution is 0.0971. The van der Waals surface area contributed by atoms with Gasteiger partial charge in [-0.3, -0.25) is 14.5 Å². The number of hydrogen-bond donors (Lipinski definition) is 1. The van der Waals surface area contributed by atoms with Crippen LogP contribution in [0, 0.1) is 0 Å². The van der Waals surface area contributed by atoms with Gasteiger partial charge in [0.1, 0.15) is 11.3 Å². The molecule has 3 aromatic carbocycles. The van der Waals surface area contributed by atoms with E-state index in [1.807, 2.05) is 12.1 Å². The van der Waals surface area contributed by atoms with Gasteiger partial charge in [0.15, 0.2) is 5.43 Å². The number of phenols is 1. The minimum atomic E-state index is -0.702. The van der Waals surface area contributed by atoms with Gasteiger partial charge in [0.05, 0.1) is 17.0 Å². The molecule has 29 heavy (non-hydrogen) atoms. The summed E-state index contributed by atoms with van der Waals surface area (Å²) >= 11 is 3.40. The fourth-order valence-corrected chi connectivity index (χ4v) is 4.06. The number of carbonyl (C=O) groups excluding carboxylic acids is 1. The van der Waals surface area contributed by atoms with Crippen LogP contribution in [0.4, 0.5) is 5.69 Å². The summed E-state index contributed by atoms with van der Waals surface area (Å²) in [5.74, 6) is -0.298. The van der Waals surface area contributed by atoms with E-state index in [9.17, 15) is 14.7 Å². The van der Waals surface area contributed by atoms with Gasteiger partial charge in [-0.25, -0.2) is 0 Å². The molecule has 1 N–H and O–H groups in total. The maximum absolute atomic E-state index is 13.4. The largest absolute Gasteiger partial charge is 0.508 e. The summed E-state index contributed by atoms with van der Waals surface area (Å²) in [6.45, 7) is 0. The number of benzene rings is 3. The highest BCUT2D eigenvalue weighted by Gasteiger charge is 2.43. The lowest BCUT2D eigenvalue weighted by Crippen LogP contribution is -2.29.